The second-order valence-electron chi connectivity index (χ2n) is 5.37. The average molecular weight is 250 g/mol. The third-order valence-electron chi connectivity index (χ3n) is 3.50. The van der Waals surface area contributed by atoms with Crippen LogP contribution in [0.3, 0.4) is 0 Å². The summed E-state index contributed by atoms with van der Waals surface area (Å²) in [4.78, 5) is 10.2. The Labute approximate surface area is 113 Å². The molecule has 0 aromatic carbocycles. The molecule has 0 aliphatic carbocycles. The Morgan fingerprint density at radius 3 is 2.22 bits per heavy atom. The predicted molar refractivity (Wildman–Crippen MR) is 80.7 cm³/mol. The molecule has 1 atom stereocenters. The van der Waals surface area contributed by atoms with Crippen molar-refractivity contribution >= 4 is 6.29 Å². The van der Waals surface area contributed by atoms with Crippen molar-refractivity contribution in [3.05, 3.63) is 24.8 Å². The summed E-state index contributed by atoms with van der Waals surface area (Å²) >= 11 is 0. The van der Waals surface area contributed by atoms with Gasteiger partial charge in [-0.2, -0.15) is 0 Å². The van der Waals surface area contributed by atoms with Crippen molar-refractivity contribution in [3.8, 4) is 0 Å². The van der Waals surface area contributed by atoms with Gasteiger partial charge < -0.3 is 4.79 Å². The molecular weight excluding hydrogens is 220 g/mol. The highest BCUT2D eigenvalue weighted by atomic mass is 16.1. The van der Waals surface area contributed by atoms with E-state index in [1.807, 2.05) is 6.08 Å². The number of aldehydes is 1. The molecule has 0 spiro atoms. The van der Waals surface area contributed by atoms with Gasteiger partial charge in [0.05, 0.1) is 0 Å². The van der Waals surface area contributed by atoms with Crippen molar-refractivity contribution in [1.29, 1.82) is 0 Å². The van der Waals surface area contributed by atoms with Gasteiger partial charge in [0.25, 0.3) is 0 Å². The molecule has 0 aliphatic heterocycles. The SMILES string of the molecule is C=CC(=C)CCCCCC(C)CCCCCC=O. The van der Waals surface area contributed by atoms with Crippen molar-refractivity contribution in [1.82, 2.24) is 0 Å². The molecule has 0 heterocycles. The van der Waals surface area contributed by atoms with Gasteiger partial charge in [-0.15, -0.1) is 0 Å². The van der Waals surface area contributed by atoms with Crippen molar-refractivity contribution < 1.29 is 4.79 Å². The largest absolute Gasteiger partial charge is 0.303 e. The molecule has 0 radical (unpaired) electrons. The van der Waals surface area contributed by atoms with Crippen LogP contribution in [0.5, 0.6) is 0 Å². The van der Waals surface area contributed by atoms with Gasteiger partial charge >= 0.3 is 0 Å². The topological polar surface area (TPSA) is 17.1 Å². The van der Waals surface area contributed by atoms with Crippen molar-refractivity contribution in [2.75, 3.05) is 0 Å². The summed E-state index contributed by atoms with van der Waals surface area (Å²) in [5.74, 6) is 0.837. The third-order valence-corrected chi connectivity index (χ3v) is 3.50. The zero-order valence-electron chi connectivity index (χ0n) is 12.1. The van der Waals surface area contributed by atoms with Gasteiger partial charge in [-0.3, -0.25) is 0 Å². The molecule has 18 heavy (non-hydrogen) atoms. The fraction of sp³-hybridized carbons (Fsp3) is 0.706. The summed E-state index contributed by atoms with van der Waals surface area (Å²) in [5, 5.41) is 0. The van der Waals surface area contributed by atoms with E-state index in [1.54, 1.807) is 0 Å². The highest BCUT2D eigenvalue weighted by Gasteiger charge is 2.02. The predicted octanol–water partition coefficient (Wildman–Crippen LogP) is 5.46. The number of allylic oxidation sites excluding steroid dienone is 2. The van der Waals surface area contributed by atoms with Gasteiger partial charge in [-0.25, -0.2) is 0 Å². The molecule has 0 saturated heterocycles. The molecule has 0 aliphatic rings. The van der Waals surface area contributed by atoms with Gasteiger partial charge in [0.15, 0.2) is 0 Å². The summed E-state index contributed by atoms with van der Waals surface area (Å²) in [6.07, 6.45) is 14.8. The molecule has 1 nitrogen and oxygen atoms in total. The summed E-state index contributed by atoms with van der Waals surface area (Å²) in [7, 11) is 0. The summed E-state index contributed by atoms with van der Waals surface area (Å²) in [6, 6.07) is 0. The normalized spacial score (nSPS) is 12.1. The van der Waals surface area contributed by atoms with Crippen LogP contribution in [0, 0.1) is 5.92 Å². The summed E-state index contributed by atoms with van der Waals surface area (Å²) in [5.41, 5.74) is 1.17. The molecule has 0 N–H and O–H groups in total. The highest BCUT2D eigenvalue weighted by molar-refractivity contribution is 5.48. The van der Waals surface area contributed by atoms with E-state index in [0.29, 0.717) is 0 Å². The van der Waals surface area contributed by atoms with Gasteiger partial charge in [0.1, 0.15) is 6.29 Å². The van der Waals surface area contributed by atoms with E-state index in [-0.39, 0.29) is 0 Å². The average Bonchev–Trinajstić information content (AvgIpc) is 2.37. The van der Waals surface area contributed by atoms with E-state index < -0.39 is 0 Å². The Balaban J connectivity index is 3.26. The van der Waals surface area contributed by atoms with Gasteiger partial charge in [0, 0.05) is 6.42 Å². The molecule has 0 bridgehead atoms. The van der Waals surface area contributed by atoms with Crippen LogP contribution in [0.4, 0.5) is 0 Å². The first-order valence-electron chi connectivity index (χ1n) is 7.44. The molecular formula is C17H30O. The molecule has 0 fully saturated rings. The molecule has 1 unspecified atom stereocenters. The number of hydrogen-bond acceptors (Lipinski definition) is 1. The fourth-order valence-electron chi connectivity index (χ4n) is 2.17. The van der Waals surface area contributed by atoms with E-state index in [1.165, 1.54) is 50.5 Å². The van der Waals surface area contributed by atoms with Crippen molar-refractivity contribution in [2.24, 2.45) is 5.92 Å². The van der Waals surface area contributed by atoms with Crippen LogP contribution < -0.4 is 0 Å². The number of carbonyl (C=O) groups is 1. The third kappa shape index (κ3) is 11.6. The molecule has 0 rings (SSSR count). The first-order valence-corrected chi connectivity index (χ1v) is 7.44. The molecule has 0 aromatic heterocycles. The zero-order valence-corrected chi connectivity index (χ0v) is 12.1. The van der Waals surface area contributed by atoms with E-state index in [2.05, 4.69) is 20.1 Å². The van der Waals surface area contributed by atoms with Crippen LogP contribution in [0.1, 0.15) is 71.1 Å². The molecule has 0 amide bonds. The maximum absolute atomic E-state index is 10.2. The van der Waals surface area contributed by atoms with Crippen LogP contribution in [0.2, 0.25) is 0 Å². The Bertz CT molecular complexity index is 230. The standard InChI is InChI=1S/C17H30O/c1-4-16(2)12-9-7-10-14-17(3)13-8-5-6-11-15-18/h4,15,17H,1-2,5-14H2,3H3. The lowest BCUT2D eigenvalue weighted by Gasteiger charge is -2.10. The van der Waals surface area contributed by atoms with Crippen LogP contribution >= 0.6 is 0 Å². The first kappa shape index (κ1) is 17.2. The Morgan fingerprint density at radius 1 is 1.06 bits per heavy atom. The Hall–Kier alpha value is -0.850. The smallest absolute Gasteiger partial charge is 0.119 e. The number of carbonyl (C=O) groups excluding carboxylic acids is 1. The van der Waals surface area contributed by atoms with Crippen LogP contribution in [0.25, 0.3) is 0 Å². The maximum Gasteiger partial charge on any atom is 0.119 e. The minimum absolute atomic E-state index is 0.738. The quantitative estimate of drug-likeness (QED) is 0.241. The lowest BCUT2D eigenvalue weighted by Crippen LogP contribution is -1.95. The van der Waals surface area contributed by atoms with E-state index in [9.17, 15) is 4.79 Å². The van der Waals surface area contributed by atoms with Gasteiger partial charge in [-0.05, 0) is 25.2 Å². The summed E-state index contributed by atoms with van der Waals surface area (Å²) in [6.45, 7) is 10.00. The Kier molecular flexibility index (Phi) is 12.0. The van der Waals surface area contributed by atoms with E-state index >= 15 is 0 Å². The zero-order chi connectivity index (χ0) is 13.6. The second kappa shape index (κ2) is 12.6. The monoisotopic (exact) mass is 250 g/mol. The number of hydrogen-bond donors (Lipinski definition) is 0. The minimum Gasteiger partial charge on any atom is -0.303 e. The van der Waals surface area contributed by atoms with Crippen LogP contribution in [-0.2, 0) is 4.79 Å². The fourth-order valence-corrected chi connectivity index (χ4v) is 2.17. The van der Waals surface area contributed by atoms with Gasteiger partial charge in [0.2, 0.25) is 0 Å². The van der Waals surface area contributed by atoms with Crippen LogP contribution in [-0.4, -0.2) is 6.29 Å². The molecule has 0 saturated carbocycles. The maximum atomic E-state index is 10.2. The van der Waals surface area contributed by atoms with Gasteiger partial charge in [-0.1, -0.05) is 70.3 Å². The lowest BCUT2D eigenvalue weighted by atomic mass is 9.96. The molecule has 104 valence electrons. The van der Waals surface area contributed by atoms with E-state index in [4.69, 9.17) is 0 Å². The summed E-state index contributed by atoms with van der Waals surface area (Å²) < 4.78 is 0. The van der Waals surface area contributed by atoms with Crippen LogP contribution in [0.15, 0.2) is 24.8 Å². The molecule has 0 aromatic rings. The Morgan fingerprint density at radius 2 is 1.67 bits per heavy atom. The first-order chi connectivity index (χ1) is 8.70. The molecule has 1 heteroatoms. The van der Waals surface area contributed by atoms with Crippen molar-refractivity contribution in [2.45, 2.75) is 71.1 Å². The second-order valence-corrected chi connectivity index (χ2v) is 5.37. The number of rotatable bonds is 13. The highest BCUT2D eigenvalue weighted by Crippen LogP contribution is 2.18. The lowest BCUT2D eigenvalue weighted by molar-refractivity contribution is -0.107. The van der Waals surface area contributed by atoms with E-state index in [0.717, 1.165) is 31.5 Å². The number of unbranched alkanes of at least 4 members (excludes halogenated alkanes) is 5. The van der Waals surface area contributed by atoms with Crippen molar-refractivity contribution in [3.63, 3.8) is 0 Å². The minimum atomic E-state index is 0.738.